The lowest BCUT2D eigenvalue weighted by atomic mass is 9.96. The minimum atomic E-state index is -0.286. The number of benzene rings is 7. The fourth-order valence-electron chi connectivity index (χ4n) is 10.2. The Labute approximate surface area is 420 Å². The first-order valence-electron chi connectivity index (χ1n) is 24.7. The second-order valence-corrected chi connectivity index (χ2v) is 19.2. The Hall–Kier alpha value is -8.04. The molecule has 0 aliphatic carbocycles. The van der Waals surface area contributed by atoms with Crippen LogP contribution in [0.4, 0.5) is 13.2 Å². The zero-order valence-corrected chi connectivity index (χ0v) is 41.6. The normalized spacial score (nSPS) is 11.5. The van der Waals surface area contributed by atoms with E-state index in [1.165, 1.54) is 53.1 Å². The molecule has 6 nitrogen and oxygen atoms in total. The van der Waals surface area contributed by atoms with Crippen LogP contribution >= 0.6 is 0 Å². The van der Waals surface area contributed by atoms with Crippen LogP contribution in [0.5, 0.6) is 0 Å². The number of rotatable bonds is 15. The third-order valence-electron chi connectivity index (χ3n) is 13.7. The molecule has 0 saturated heterocycles. The minimum Gasteiger partial charge on any atom is -0.299 e. The summed E-state index contributed by atoms with van der Waals surface area (Å²) in [6, 6.07) is 45.5. The average Bonchev–Trinajstić information content (AvgIpc) is 4.10. The molecule has 0 atom stereocenters. The molecule has 72 heavy (non-hydrogen) atoms. The van der Waals surface area contributed by atoms with Crippen molar-refractivity contribution in [3.05, 3.63) is 249 Å². The van der Waals surface area contributed by atoms with Gasteiger partial charge in [-0.25, -0.2) is 28.1 Å². The molecule has 9 heteroatoms. The van der Waals surface area contributed by atoms with Crippen molar-refractivity contribution in [1.82, 2.24) is 28.7 Å². The third-order valence-corrected chi connectivity index (χ3v) is 13.7. The Morgan fingerprint density at radius 2 is 0.556 bits per heavy atom. The zero-order valence-electron chi connectivity index (χ0n) is 41.6. The van der Waals surface area contributed by atoms with Gasteiger partial charge in [0.15, 0.2) is 0 Å². The quantitative estimate of drug-likeness (QED) is 0.103. The highest BCUT2D eigenvalue weighted by molar-refractivity contribution is 5.64. The Morgan fingerprint density at radius 1 is 0.319 bits per heavy atom. The predicted molar refractivity (Wildman–Crippen MR) is 284 cm³/mol. The Balaban J connectivity index is 0.994. The maximum Gasteiger partial charge on any atom is 0.144 e. The average molecular weight is 955 g/mol. The van der Waals surface area contributed by atoms with Crippen LogP contribution in [0.15, 0.2) is 164 Å². The summed E-state index contributed by atoms with van der Waals surface area (Å²) in [5, 5.41) is 0. The molecule has 0 unspecified atom stereocenters. The fourth-order valence-corrected chi connectivity index (χ4v) is 10.2. The van der Waals surface area contributed by atoms with E-state index in [1.807, 2.05) is 0 Å². The fraction of sp³-hybridized carbons (Fsp3) is 0.190. The highest BCUT2D eigenvalue weighted by atomic mass is 19.1. The van der Waals surface area contributed by atoms with Crippen molar-refractivity contribution in [3.8, 4) is 51.2 Å². The Kier molecular flexibility index (Phi) is 13.5. The molecular formula is C63H57F3N6. The number of para-hydroxylation sites is 3. The van der Waals surface area contributed by atoms with Crippen molar-refractivity contribution in [2.75, 3.05) is 0 Å². The lowest BCUT2D eigenvalue weighted by molar-refractivity contribution is 0.627. The molecule has 0 radical (unpaired) electrons. The molecule has 7 aromatic carbocycles. The SMILES string of the molecule is Cc1cccc(C)c1-n1cc(CCc2cc(CCc3cn(-c4c(C)cccc4C)c(-c4ccc(F)cc4)n3)cc(CCc3cn(-c4c(C)cccc4C)c(-c4ccc(F)cc4)n3)c2)nc1-c1ccc(F)cc1. The summed E-state index contributed by atoms with van der Waals surface area (Å²) in [6.07, 6.45) is 10.7. The van der Waals surface area contributed by atoms with Gasteiger partial charge in [-0.3, -0.25) is 13.7 Å². The maximum atomic E-state index is 14.2. The van der Waals surface area contributed by atoms with Crippen LogP contribution in [-0.2, 0) is 38.5 Å². The Morgan fingerprint density at radius 3 is 0.792 bits per heavy atom. The third kappa shape index (κ3) is 10.1. The first-order valence-corrected chi connectivity index (χ1v) is 24.7. The molecule has 0 N–H and O–H groups in total. The van der Waals surface area contributed by atoms with Gasteiger partial charge in [0.25, 0.3) is 0 Å². The van der Waals surface area contributed by atoms with Gasteiger partial charge >= 0.3 is 0 Å². The van der Waals surface area contributed by atoms with Gasteiger partial charge in [-0.15, -0.1) is 0 Å². The van der Waals surface area contributed by atoms with Crippen molar-refractivity contribution in [2.24, 2.45) is 0 Å². The molecule has 360 valence electrons. The predicted octanol–water partition coefficient (Wildman–Crippen LogP) is 14.9. The molecule has 3 aromatic heterocycles. The van der Waals surface area contributed by atoms with Gasteiger partial charge in [0.1, 0.15) is 34.9 Å². The summed E-state index contributed by atoms with van der Waals surface area (Å²) in [4.78, 5) is 15.6. The van der Waals surface area contributed by atoms with Crippen LogP contribution in [0.3, 0.4) is 0 Å². The lowest BCUT2D eigenvalue weighted by Crippen LogP contribution is -2.01. The summed E-state index contributed by atoms with van der Waals surface area (Å²) < 4.78 is 49.0. The largest absolute Gasteiger partial charge is 0.299 e. The monoisotopic (exact) mass is 954 g/mol. The van der Waals surface area contributed by atoms with Gasteiger partial charge in [0.05, 0.1) is 34.1 Å². The van der Waals surface area contributed by atoms with Gasteiger partial charge in [-0.1, -0.05) is 72.8 Å². The summed E-state index contributed by atoms with van der Waals surface area (Å²) in [7, 11) is 0. The molecule has 0 fully saturated rings. The van der Waals surface area contributed by atoms with Gasteiger partial charge in [0.2, 0.25) is 0 Å². The molecule has 0 bridgehead atoms. The molecule has 0 amide bonds. The van der Waals surface area contributed by atoms with Crippen molar-refractivity contribution in [2.45, 2.75) is 80.1 Å². The van der Waals surface area contributed by atoms with Crippen LogP contribution < -0.4 is 0 Å². The number of nitrogens with zero attached hydrogens (tertiary/aromatic N) is 6. The molecule has 10 rings (SSSR count). The van der Waals surface area contributed by atoms with E-state index in [0.717, 1.165) is 121 Å². The van der Waals surface area contributed by atoms with Gasteiger partial charge in [-0.2, -0.15) is 0 Å². The van der Waals surface area contributed by atoms with E-state index in [0.29, 0.717) is 19.3 Å². The number of aryl methyl sites for hydroxylation is 12. The standard InChI is InChI=1S/C63H57F3N6/c1-40-10-7-11-41(2)58(40)70-37-55(67-61(70)49-19-25-52(64)26-20-49)31-16-46-34-47(17-32-56-38-71(59-42(3)12-8-13-43(59)4)62(68-56)50-21-27-53(65)28-22-50)36-48(35-46)18-33-57-39-72(60-44(5)14-9-15-45(60)6)63(69-57)51-23-29-54(66)30-24-51/h7-15,19-30,34-39H,16-18,31-33H2,1-6H3. The van der Waals surface area contributed by atoms with Crippen molar-refractivity contribution in [1.29, 1.82) is 0 Å². The number of hydrogen-bond donors (Lipinski definition) is 0. The topological polar surface area (TPSA) is 53.5 Å². The number of halogens is 3. The first kappa shape index (κ1) is 47.6. The summed E-state index contributed by atoms with van der Waals surface area (Å²) in [5.74, 6) is 1.47. The highest BCUT2D eigenvalue weighted by Crippen LogP contribution is 2.32. The van der Waals surface area contributed by atoms with Crippen molar-refractivity contribution < 1.29 is 13.2 Å². The van der Waals surface area contributed by atoms with E-state index >= 15 is 0 Å². The Bertz CT molecular complexity index is 3110. The number of hydrogen-bond acceptors (Lipinski definition) is 3. The van der Waals surface area contributed by atoms with E-state index in [2.05, 4.69) is 147 Å². The highest BCUT2D eigenvalue weighted by Gasteiger charge is 2.20. The molecular weight excluding hydrogens is 898 g/mol. The molecule has 0 saturated carbocycles. The maximum absolute atomic E-state index is 14.2. The van der Waals surface area contributed by atoms with Gasteiger partial charge in [-0.05, 0) is 203 Å². The zero-order chi connectivity index (χ0) is 50.0. The van der Waals surface area contributed by atoms with Crippen LogP contribution in [0, 0.1) is 59.0 Å². The van der Waals surface area contributed by atoms with Crippen LogP contribution in [0.1, 0.15) is 67.2 Å². The van der Waals surface area contributed by atoms with Crippen LogP contribution in [0.25, 0.3) is 51.2 Å². The second-order valence-electron chi connectivity index (χ2n) is 19.2. The second kappa shape index (κ2) is 20.4. The molecule has 0 aliphatic rings. The van der Waals surface area contributed by atoms with Crippen LogP contribution in [0.2, 0.25) is 0 Å². The summed E-state index contributed by atoms with van der Waals surface area (Å²) in [6.45, 7) is 12.7. The van der Waals surface area contributed by atoms with Gasteiger partial charge < -0.3 is 0 Å². The number of aromatic nitrogens is 6. The molecule has 3 heterocycles. The van der Waals surface area contributed by atoms with E-state index in [1.54, 1.807) is 36.4 Å². The van der Waals surface area contributed by atoms with Crippen molar-refractivity contribution in [3.63, 3.8) is 0 Å². The smallest absolute Gasteiger partial charge is 0.144 e. The summed E-state index contributed by atoms with van der Waals surface area (Å²) in [5.41, 5.74) is 19.0. The van der Waals surface area contributed by atoms with Gasteiger partial charge in [0, 0.05) is 35.3 Å². The van der Waals surface area contributed by atoms with Crippen LogP contribution in [-0.4, -0.2) is 28.7 Å². The first-order chi connectivity index (χ1) is 34.8. The van der Waals surface area contributed by atoms with E-state index < -0.39 is 0 Å². The summed E-state index contributed by atoms with van der Waals surface area (Å²) >= 11 is 0. The van der Waals surface area contributed by atoms with E-state index in [-0.39, 0.29) is 17.5 Å². The van der Waals surface area contributed by atoms with E-state index in [9.17, 15) is 13.2 Å². The molecule has 0 aliphatic heterocycles. The van der Waals surface area contributed by atoms with E-state index in [4.69, 9.17) is 15.0 Å². The minimum absolute atomic E-state index is 0.286. The number of imidazole rings is 3. The molecule has 10 aromatic rings. The van der Waals surface area contributed by atoms with Crippen molar-refractivity contribution >= 4 is 0 Å². The molecule has 0 spiro atoms. The lowest BCUT2D eigenvalue weighted by Gasteiger charge is -2.14.